The van der Waals surface area contributed by atoms with Gasteiger partial charge in [0.05, 0.1) is 11.4 Å². The number of carbonyl (C=O) groups excluding carboxylic acids is 2. The van der Waals surface area contributed by atoms with Gasteiger partial charge in [0.25, 0.3) is 5.91 Å². The lowest BCUT2D eigenvalue weighted by Gasteiger charge is -2.14. The number of nitrogens with one attached hydrogen (secondary N) is 3. The van der Waals surface area contributed by atoms with Gasteiger partial charge in [-0.05, 0) is 42.8 Å². The molecular weight excluding hydrogens is 362 g/mol. The average Bonchev–Trinajstić information content (AvgIpc) is 2.62. The van der Waals surface area contributed by atoms with Crippen molar-refractivity contribution in [2.24, 2.45) is 0 Å². The topological polar surface area (TPSA) is 70.2 Å². The largest absolute Gasteiger partial charge is 0.354 e. The van der Waals surface area contributed by atoms with Crippen LogP contribution in [0.5, 0.6) is 0 Å². The minimum Gasteiger partial charge on any atom is -0.354 e. The van der Waals surface area contributed by atoms with Crippen molar-refractivity contribution in [3.63, 3.8) is 0 Å². The van der Waals surface area contributed by atoms with Crippen LogP contribution in [0, 0.1) is 0 Å². The van der Waals surface area contributed by atoms with Crippen molar-refractivity contribution in [3.05, 3.63) is 53.1 Å². The SMILES string of the molecule is CCCCCCNC(=O)c1ccc(Nc2cccc(Cl)c2)c(NC(C)=O)c1. The molecule has 0 fully saturated rings. The van der Waals surface area contributed by atoms with Crippen molar-refractivity contribution < 1.29 is 9.59 Å². The summed E-state index contributed by atoms with van der Waals surface area (Å²) in [6.45, 7) is 4.24. The highest BCUT2D eigenvalue weighted by atomic mass is 35.5. The minimum absolute atomic E-state index is 0.146. The van der Waals surface area contributed by atoms with E-state index in [0.717, 1.165) is 24.9 Å². The molecule has 2 rings (SSSR count). The van der Waals surface area contributed by atoms with Gasteiger partial charge in [0.2, 0.25) is 5.91 Å². The first-order valence-corrected chi connectivity index (χ1v) is 9.60. The Morgan fingerprint density at radius 1 is 1.00 bits per heavy atom. The van der Waals surface area contributed by atoms with Gasteiger partial charge >= 0.3 is 0 Å². The van der Waals surface area contributed by atoms with Gasteiger partial charge in [0.15, 0.2) is 0 Å². The van der Waals surface area contributed by atoms with Crippen molar-refractivity contribution in [1.29, 1.82) is 0 Å². The number of hydrogen-bond acceptors (Lipinski definition) is 3. The Hall–Kier alpha value is -2.53. The second kappa shape index (κ2) is 10.6. The third kappa shape index (κ3) is 6.94. The summed E-state index contributed by atoms with van der Waals surface area (Å²) in [4.78, 5) is 23.9. The maximum absolute atomic E-state index is 12.4. The van der Waals surface area contributed by atoms with E-state index >= 15 is 0 Å². The van der Waals surface area contributed by atoms with E-state index in [9.17, 15) is 9.59 Å². The number of benzene rings is 2. The van der Waals surface area contributed by atoms with Gasteiger partial charge in [0.1, 0.15) is 0 Å². The monoisotopic (exact) mass is 387 g/mol. The van der Waals surface area contributed by atoms with E-state index in [2.05, 4.69) is 22.9 Å². The highest BCUT2D eigenvalue weighted by Gasteiger charge is 2.11. The molecule has 144 valence electrons. The molecular formula is C21H26ClN3O2. The molecule has 0 aliphatic rings. The van der Waals surface area contributed by atoms with E-state index in [1.807, 2.05) is 12.1 Å². The summed E-state index contributed by atoms with van der Waals surface area (Å²) < 4.78 is 0. The van der Waals surface area contributed by atoms with Crippen LogP contribution >= 0.6 is 11.6 Å². The molecule has 2 aromatic carbocycles. The fourth-order valence-corrected chi connectivity index (χ4v) is 2.86. The van der Waals surface area contributed by atoms with Crippen LogP contribution in [-0.4, -0.2) is 18.4 Å². The molecule has 0 unspecified atom stereocenters. The lowest BCUT2D eigenvalue weighted by molar-refractivity contribution is -0.114. The van der Waals surface area contributed by atoms with E-state index in [4.69, 9.17) is 11.6 Å². The Morgan fingerprint density at radius 2 is 1.81 bits per heavy atom. The molecule has 0 aliphatic carbocycles. The van der Waals surface area contributed by atoms with E-state index in [0.29, 0.717) is 28.5 Å². The fourth-order valence-electron chi connectivity index (χ4n) is 2.67. The zero-order valence-corrected chi connectivity index (χ0v) is 16.5. The number of rotatable bonds is 9. The molecule has 0 atom stereocenters. The first-order valence-electron chi connectivity index (χ1n) is 9.22. The average molecular weight is 388 g/mol. The van der Waals surface area contributed by atoms with E-state index in [-0.39, 0.29) is 11.8 Å². The summed E-state index contributed by atoms with van der Waals surface area (Å²) in [7, 11) is 0. The number of carbonyl (C=O) groups is 2. The van der Waals surface area contributed by atoms with E-state index in [1.165, 1.54) is 13.3 Å². The molecule has 0 aromatic heterocycles. The van der Waals surface area contributed by atoms with E-state index in [1.54, 1.807) is 30.3 Å². The van der Waals surface area contributed by atoms with Crippen LogP contribution in [0.3, 0.4) is 0 Å². The molecule has 0 spiro atoms. The summed E-state index contributed by atoms with van der Waals surface area (Å²) in [5, 5.41) is 9.53. The molecule has 2 amide bonds. The van der Waals surface area contributed by atoms with Gasteiger partial charge in [0, 0.05) is 29.7 Å². The molecule has 0 saturated carbocycles. The highest BCUT2D eigenvalue weighted by Crippen LogP contribution is 2.28. The molecule has 6 heteroatoms. The summed E-state index contributed by atoms with van der Waals surface area (Å²) in [5.74, 6) is -0.353. The molecule has 0 saturated heterocycles. The van der Waals surface area contributed by atoms with Crippen LogP contribution in [0.25, 0.3) is 0 Å². The first-order chi connectivity index (χ1) is 13.0. The highest BCUT2D eigenvalue weighted by molar-refractivity contribution is 6.30. The summed E-state index contributed by atoms with van der Waals surface area (Å²) in [5.41, 5.74) is 2.53. The molecule has 27 heavy (non-hydrogen) atoms. The lowest BCUT2D eigenvalue weighted by atomic mass is 10.1. The smallest absolute Gasteiger partial charge is 0.251 e. The number of halogens is 1. The standard InChI is InChI=1S/C21H26ClN3O2/c1-3-4-5-6-12-23-21(27)16-10-11-19(20(13-16)24-15(2)26)25-18-9-7-8-17(22)14-18/h7-11,13-14,25H,3-6,12H2,1-2H3,(H,23,27)(H,24,26). The Bertz CT molecular complexity index is 793. The Kier molecular flexibility index (Phi) is 8.14. The van der Waals surface area contributed by atoms with Gasteiger partial charge in [-0.3, -0.25) is 9.59 Å². The van der Waals surface area contributed by atoms with Crippen LogP contribution in [0.2, 0.25) is 5.02 Å². The number of amides is 2. The quantitative estimate of drug-likeness (QED) is 0.508. The molecule has 5 nitrogen and oxygen atoms in total. The molecule has 2 aromatic rings. The van der Waals surface area contributed by atoms with Crippen LogP contribution < -0.4 is 16.0 Å². The van der Waals surface area contributed by atoms with Crippen LogP contribution in [0.1, 0.15) is 49.9 Å². The third-order valence-electron chi connectivity index (χ3n) is 4.01. The zero-order chi connectivity index (χ0) is 19.6. The van der Waals surface area contributed by atoms with Crippen LogP contribution in [0.15, 0.2) is 42.5 Å². The summed E-state index contributed by atoms with van der Waals surface area (Å²) >= 11 is 6.02. The first kappa shape index (κ1) is 20.8. The second-order valence-electron chi connectivity index (χ2n) is 6.39. The Labute approximate surface area is 165 Å². The van der Waals surface area contributed by atoms with Gasteiger partial charge in [-0.25, -0.2) is 0 Å². The zero-order valence-electron chi connectivity index (χ0n) is 15.8. The lowest BCUT2D eigenvalue weighted by Crippen LogP contribution is -2.24. The Balaban J connectivity index is 2.12. The molecule has 0 heterocycles. The normalized spacial score (nSPS) is 10.3. The van der Waals surface area contributed by atoms with Crippen molar-refractivity contribution in [3.8, 4) is 0 Å². The van der Waals surface area contributed by atoms with Gasteiger partial charge < -0.3 is 16.0 Å². The number of unbranched alkanes of at least 4 members (excludes halogenated alkanes) is 3. The Morgan fingerprint density at radius 3 is 2.52 bits per heavy atom. The maximum atomic E-state index is 12.4. The molecule has 0 radical (unpaired) electrons. The van der Waals surface area contributed by atoms with Gasteiger partial charge in [-0.2, -0.15) is 0 Å². The number of hydrogen-bond donors (Lipinski definition) is 3. The maximum Gasteiger partial charge on any atom is 0.251 e. The van der Waals surface area contributed by atoms with Crippen molar-refractivity contribution in [2.75, 3.05) is 17.2 Å². The van der Waals surface area contributed by atoms with Crippen molar-refractivity contribution in [1.82, 2.24) is 5.32 Å². The van der Waals surface area contributed by atoms with Gasteiger partial charge in [-0.15, -0.1) is 0 Å². The van der Waals surface area contributed by atoms with Crippen LogP contribution in [0.4, 0.5) is 17.1 Å². The van der Waals surface area contributed by atoms with E-state index < -0.39 is 0 Å². The molecule has 0 bridgehead atoms. The summed E-state index contributed by atoms with van der Waals surface area (Å²) in [6, 6.07) is 12.5. The predicted octanol–water partition coefficient (Wildman–Crippen LogP) is 5.35. The predicted molar refractivity (Wildman–Crippen MR) is 112 cm³/mol. The number of anilines is 3. The molecule has 0 aliphatic heterocycles. The summed E-state index contributed by atoms with van der Waals surface area (Å²) in [6.07, 6.45) is 4.41. The minimum atomic E-state index is -0.207. The second-order valence-corrected chi connectivity index (χ2v) is 6.83. The fraction of sp³-hybridized carbons (Fsp3) is 0.333. The van der Waals surface area contributed by atoms with Gasteiger partial charge in [-0.1, -0.05) is 43.9 Å². The molecule has 3 N–H and O–H groups in total. The van der Waals surface area contributed by atoms with Crippen molar-refractivity contribution in [2.45, 2.75) is 39.5 Å². The van der Waals surface area contributed by atoms with Crippen molar-refractivity contribution >= 4 is 40.5 Å². The van der Waals surface area contributed by atoms with Crippen LogP contribution in [-0.2, 0) is 4.79 Å². The third-order valence-corrected chi connectivity index (χ3v) is 4.25.